The SMILES string of the molecule is COc1ccc(S(=O)(=O)Nc2ccc(C(=O)C3CC3)cc2)cc1C. The van der Waals surface area contributed by atoms with E-state index in [1.807, 2.05) is 0 Å². The molecule has 24 heavy (non-hydrogen) atoms. The van der Waals surface area contributed by atoms with Crippen molar-refractivity contribution in [3.05, 3.63) is 53.6 Å². The molecule has 2 aromatic rings. The van der Waals surface area contributed by atoms with Crippen LogP contribution in [0.1, 0.15) is 28.8 Å². The molecular formula is C18H19NO4S. The molecule has 0 unspecified atom stereocenters. The minimum atomic E-state index is -3.69. The molecule has 0 heterocycles. The average molecular weight is 345 g/mol. The lowest BCUT2D eigenvalue weighted by atomic mass is 10.1. The summed E-state index contributed by atoms with van der Waals surface area (Å²) in [6.07, 6.45) is 1.90. The Morgan fingerprint density at radius 1 is 1.12 bits per heavy atom. The number of aryl methyl sites for hydroxylation is 1. The van der Waals surface area contributed by atoms with Gasteiger partial charge in [0.1, 0.15) is 5.75 Å². The lowest BCUT2D eigenvalue weighted by molar-refractivity contribution is 0.0967. The maximum absolute atomic E-state index is 12.5. The number of benzene rings is 2. The Bertz CT molecular complexity index is 868. The number of rotatable bonds is 6. The van der Waals surface area contributed by atoms with Crippen molar-refractivity contribution >= 4 is 21.5 Å². The van der Waals surface area contributed by atoms with Gasteiger partial charge < -0.3 is 4.74 Å². The second-order valence-corrected chi connectivity index (χ2v) is 7.64. The molecule has 0 aliphatic heterocycles. The van der Waals surface area contributed by atoms with Crippen molar-refractivity contribution in [2.45, 2.75) is 24.7 Å². The molecule has 0 amide bonds. The summed E-state index contributed by atoms with van der Waals surface area (Å²) in [5, 5.41) is 0. The first-order valence-electron chi connectivity index (χ1n) is 7.72. The molecule has 1 N–H and O–H groups in total. The van der Waals surface area contributed by atoms with Crippen molar-refractivity contribution < 1.29 is 17.9 Å². The fourth-order valence-electron chi connectivity index (χ4n) is 2.52. The second kappa shape index (κ2) is 6.28. The molecule has 1 fully saturated rings. The van der Waals surface area contributed by atoms with Crippen molar-refractivity contribution in [3.63, 3.8) is 0 Å². The van der Waals surface area contributed by atoms with Crippen LogP contribution in [-0.4, -0.2) is 21.3 Å². The molecule has 3 rings (SSSR count). The third-order valence-corrected chi connectivity index (χ3v) is 5.43. The van der Waals surface area contributed by atoms with E-state index in [9.17, 15) is 13.2 Å². The van der Waals surface area contributed by atoms with Gasteiger partial charge in [-0.25, -0.2) is 8.42 Å². The van der Waals surface area contributed by atoms with Crippen molar-refractivity contribution in [2.75, 3.05) is 11.8 Å². The van der Waals surface area contributed by atoms with E-state index in [-0.39, 0.29) is 16.6 Å². The number of hydrogen-bond donors (Lipinski definition) is 1. The van der Waals surface area contributed by atoms with E-state index in [2.05, 4.69) is 4.72 Å². The summed E-state index contributed by atoms with van der Waals surface area (Å²) in [5.74, 6) is 0.918. The van der Waals surface area contributed by atoms with E-state index in [4.69, 9.17) is 4.74 Å². The third kappa shape index (κ3) is 3.43. The molecular weight excluding hydrogens is 326 g/mol. The molecule has 1 aliphatic rings. The molecule has 2 aromatic carbocycles. The van der Waals surface area contributed by atoms with Crippen LogP contribution in [0.15, 0.2) is 47.4 Å². The second-order valence-electron chi connectivity index (χ2n) is 5.95. The minimum Gasteiger partial charge on any atom is -0.496 e. The van der Waals surface area contributed by atoms with E-state index in [1.54, 1.807) is 50.4 Å². The van der Waals surface area contributed by atoms with Gasteiger partial charge >= 0.3 is 0 Å². The summed E-state index contributed by atoms with van der Waals surface area (Å²) >= 11 is 0. The molecule has 0 radical (unpaired) electrons. The van der Waals surface area contributed by atoms with Crippen LogP contribution >= 0.6 is 0 Å². The van der Waals surface area contributed by atoms with Crippen LogP contribution in [-0.2, 0) is 10.0 Å². The molecule has 1 aliphatic carbocycles. The monoisotopic (exact) mass is 345 g/mol. The van der Waals surface area contributed by atoms with Crippen molar-refractivity contribution in [2.24, 2.45) is 5.92 Å². The number of carbonyl (C=O) groups excluding carboxylic acids is 1. The van der Waals surface area contributed by atoms with E-state index < -0.39 is 10.0 Å². The van der Waals surface area contributed by atoms with Crippen LogP contribution in [0.25, 0.3) is 0 Å². The lowest BCUT2D eigenvalue weighted by Gasteiger charge is -2.11. The Labute approximate surface area is 141 Å². The highest BCUT2D eigenvalue weighted by Crippen LogP contribution is 2.33. The standard InChI is InChI=1S/C18H19NO4S/c1-12-11-16(9-10-17(12)23-2)24(21,22)19-15-7-5-14(6-8-15)18(20)13-3-4-13/h5-11,13,19H,3-4H2,1-2H3. The predicted molar refractivity (Wildman–Crippen MR) is 92.0 cm³/mol. The third-order valence-electron chi connectivity index (χ3n) is 4.05. The molecule has 5 nitrogen and oxygen atoms in total. The van der Waals surface area contributed by atoms with Crippen LogP contribution in [0, 0.1) is 12.8 Å². The number of anilines is 1. The number of methoxy groups -OCH3 is 1. The van der Waals surface area contributed by atoms with Crippen LogP contribution < -0.4 is 9.46 Å². The van der Waals surface area contributed by atoms with Crippen molar-refractivity contribution in [3.8, 4) is 5.75 Å². The highest BCUT2D eigenvalue weighted by molar-refractivity contribution is 7.92. The molecule has 126 valence electrons. The Balaban J connectivity index is 1.78. The molecule has 0 saturated heterocycles. The van der Waals surface area contributed by atoms with E-state index in [1.165, 1.54) is 6.07 Å². The maximum atomic E-state index is 12.5. The molecule has 6 heteroatoms. The molecule has 0 aromatic heterocycles. The van der Waals surface area contributed by atoms with E-state index >= 15 is 0 Å². The Kier molecular flexibility index (Phi) is 4.32. The smallest absolute Gasteiger partial charge is 0.261 e. The maximum Gasteiger partial charge on any atom is 0.261 e. The van der Waals surface area contributed by atoms with Gasteiger partial charge in [-0.2, -0.15) is 0 Å². The highest BCUT2D eigenvalue weighted by atomic mass is 32.2. The van der Waals surface area contributed by atoms with Gasteiger partial charge in [-0.05, 0) is 67.8 Å². The van der Waals surface area contributed by atoms with Gasteiger partial charge in [0, 0.05) is 17.2 Å². The summed E-state index contributed by atoms with van der Waals surface area (Å²) in [7, 11) is -2.15. The first-order chi connectivity index (χ1) is 11.4. The zero-order valence-electron chi connectivity index (χ0n) is 13.6. The first kappa shape index (κ1) is 16.5. The fraction of sp³-hybridized carbons (Fsp3) is 0.278. The van der Waals surface area contributed by atoms with E-state index in [0.717, 1.165) is 18.4 Å². The van der Waals surface area contributed by atoms with Gasteiger partial charge in [0.05, 0.1) is 12.0 Å². The van der Waals surface area contributed by atoms with Crippen molar-refractivity contribution in [1.29, 1.82) is 0 Å². The van der Waals surface area contributed by atoms with Crippen LogP contribution in [0.2, 0.25) is 0 Å². The minimum absolute atomic E-state index is 0.134. The summed E-state index contributed by atoms with van der Waals surface area (Å²) in [4.78, 5) is 12.1. The van der Waals surface area contributed by atoms with Gasteiger partial charge in [-0.1, -0.05) is 0 Å². The highest BCUT2D eigenvalue weighted by Gasteiger charge is 2.30. The largest absolute Gasteiger partial charge is 0.496 e. The van der Waals surface area contributed by atoms with Crippen LogP contribution in [0.4, 0.5) is 5.69 Å². The fourth-order valence-corrected chi connectivity index (χ4v) is 3.66. The quantitative estimate of drug-likeness (QED) is 0.815. The van der Waals surface area contributed by atoms with Crippen LogP contribution in [0.3, 0.4) is 0 Å². The summed E-state index contributed by atoms with van der Waals surface area (Å²) in [6, 6.07) is 11.2. The Morgan fingerprint density at radius 2 is 1.79 bits per heavy atom. The molecule has 0 spiro atoms. The van der Waals surface area contributed by atoms with Crippen molar-refractivity contribution in [1.82, 2.24) is 0 Å². The lowest BCUT2D eigenvalue weighted by Crippen LogP contribution is -2.13. The van der Waals surface area contributed by atoms with Gasteiger partial charge in [0.15, 0.2) is 5.78 Å². The van der Waals surface area contributed by atoms with Gasteiger partial charge in [0.2, 0.25) is 0 Å². The van der Waals surface area contributed by atoms with Crippen LogP contribution in [0.5, 0.6) is 5.75 Å². The molecule has 0 bridgehead atoms. The topological polar surface area (TPSA) is 72.5 Å². The van der Waals surface area contributed by atoms with Gasteiger partial charge in [0.25, 0.3) is 10.0 Å². The van der Waals surface area contributed by atoms with E-state index in [0.29, 0.717) is 17.0 Å². The summed E-state index contributed by atoms with van der Waals surface area (Å²) in [6.45, 7) is 1.79. The Morgan fingerprint density at radius 3 is 2.33 bits per heavy atom. The number of hydrogen-bond acceptors (Lipinski definition) is 4. The number of sulfonamides is 1. The number of nitrogens with one attached hydrogen (secondary N) is 1. The summed E-state index contributed by atoms with van der Waals surface area (Å²) in [5.41, 5.74) is 1.79. The Hall–Kier alpha value is -2.34. The zero-order valence-corrected chi connectivity index (χ0v) is 14.4. The molecule has 1 saturated carbocycles. The zero-order chi connectivity index (χ0) is 17.3. The average Bonchev–Trinajstić information content (AvgIpc) is 3.39. The number of Topliss-reactive ketones (excluding diaryl/α,β-unsaturated/α-hetero) is 1. The number of carbonyl (C=O) groups is 1. The van der Waals surface area contributed by atoms with Gasteiger partial charge in [-0.15, -0.1) is 0 Å². The normalized spacial score (nSPS) is 14.2. The van der Waals surface area contributed by atoms with Gasteiger partial charge in [-0.3, -0.25) is 9.52 Å². The number of ketones is 1. The number of ether oxygens (including phenoxy) is 1. The first-order valence-corrected chi connectivity index (χ1v) is 9.21. The summed E-state index contributed by atoms with van der Waals surface area (Å²) < 4.78 is 32.6. The molecule has 0 atom stereocenters. The predicted octanol–water partition coefficient (Wildman–Crippen LogP) is 3.40.